The Morgan fingerprint density at radius 2 is 1.61 bits per heavy atom. The van der Waals surface area contributed by atoms with Crippen molar-refractivity contribution in [2.45, 2.75) is 36.8 Å². The molecule has 1 unspecified atom stereocenters. The second-order valence-corrected chi connectivity index (χ2v) is 9.19. The molecule has 3 N–H and O–H groups in total. The number of fused-ring (bicyclic) bond motifs is 3. The first kappa shape index (κ1) is 21.5. The minimum Gasteiger partial charge on any atom is -0.481 e. The summed E-state index contributed by atoms with van der Waals surface area (Å²) in [5.41, 5.74) is 3.44. The summed E-state index contributed by atoms with van der Waals surface area (Å²) in [6.45, 7) is 0.400. The first-order valence-corrected chi connectivity index (χ1v) is 11.2. The maximum atomic E-state index is 12.8. The summed E-state index contributed by atoms with van der Waals surface area (Å²) in [4.78, 5) is 38.0. The smallest absolute Gasteiger partial charge is 0.407 e. The lowest BCUT2D eigenvalue weighted by Gasteiger charge is -2.47. The van der Waals surface area contributed by atoms with Gasteiger partial charge in [-0.25, -0.2) is 4.79 Å². The average Bonchev–Trinajstić information content (AvgIpc) is 3.58. The Kier molecular flexibility index (Phi) is 5.32. The number of carbonyl (C=O) groups is 3. The van der Waals surface area contributed by atoms with Crippen molar-refractivity contribution in [2.75, 3.05) is 19.7 Å². The van der Waals surface area contributed by atoms with E-state index >= 15 is 0 Å². The zero-order valence-electron chi connectivity index (χ0n) is 18.1. The number of β-amino-alcohol motifs (C(OH)–C–C–N with tert-alkyl or cyclic N) is 1. The van der Waals surface area contributed by atoms with E-state index in [1.54, 1.807) is 0 Å². The van der Waals surface area contributed by atoms with Crippen LogP contribution in [0.1, 0.15) is 36.3 Å². The fourth-order valence-electron chi connectivity index (χ4n) is 5.03. The number of nitrogens with zero attached hydrogens (tertiary/aromatic N) is 1. The number of carboxylic acid groups (broad SMARTS) is 1. The Balaban J connectivity index is 1.23. The van der Waals surface area contributed by atoms with Gasteiger partial charge in [0.05, 0.1) is 19.5 Å². The van der Waals surface area contributed by atoms with E-state index in [0.717, 1.165) is 35.1 Å². The van der Waals surface area contributed by atoms with Crippen LogP contribution in [0.2, 0.25) is 0 Å². The molecule has 0 radical (unpaired) electrons. The van der Waals surface area contributed by atoms with E-state index in [2.05, 4.69) is 5.32 Å². The summed E-state index contributed by atoms with van der Waals surface area (Å²) in [5, 5.41) is 22.1. The number of nitrogens with one attached hydrogen (secondary N) is 1. The fourth-order valence-corrected chi connectivity index (χ4v) is 5.03. The molecule has 8 heteroatoms. The molecular formula is C25H26N2O6. The largest absolute Gasteiger partial charge is 0.481 e. The molecule has 5 rings (SSSR count). The van der Waals surface area contributed by atoms with Crippen LogP contribution < -0.4 is 5.32 Å². The van der Waals surface area contributed by atoms with Crippen molar-refractivity contribution in [3.63, 3.8) is 0 Å². The Hall–Kier alpha value is -3.39. The van der Waals surface area contributed by atoms with Crippen molar-refractivity contribution in [1.29, 1.82) is 0 Å². The number of carboxylic acids is 1. The van der Waals surface area contributed by atoms with Gasteiger partial charge in [0, 0.05) is 5.92 Å². The summed E-state index contributed by atoms with van der Waals surface area (Å²) in [6, 6.07) is 14.6. The SMILES string of the molecule is O=C(O)CC(NC(=O)OCC1c2ccccc2-c2ccccc21)C(=O)N1CC(O)(C2CC2)C1. The second kappa shape index (κ2) is 8.19. The number of hydrogen-bond donors (Lipinski definition) is 3. The van der Waals surface area contributed by atoms with Crippen LogP contribution in [0.4, 0.5) is 4.79 Å². The Morgan fingerprint density at radius 1 is 1.03 bits per heavy atom. The first-order valence-electron chi connectivity index (χ1n) is 11.2. The van der Waals surface area contributed by atoms with Gasteiger partial charge in [-0.05, 0) is 41.0 Å². The van der Waals surface area contributed by atoms with Crippen LogP contribution in [-0.2, 0) is 14.3 Å². The summed E-state index contributed by atoms with van der Waals surface area (Å²) in [5.74, 6) is -1.66. The van der Waals surface area contributed by atoms with Crippen molar-refractivity contribution >= 4 is 18.0 Å². The lowest BCUT2D eigenvalue weighted by molar-refractivity contribution is -0.162. The van der Waals surface area contributed by atoms with E-state index in [9.17, 15) is 24.6 Å². The van der Waals surface area contributed by atoms with Crippen molar-refractivity contribution in [2.24, 2.45) is 5.92 Å². The molecule has 0 spiro atoms. The van der Waals surface area contributed by atoms with Crippen molar-refractivity contribution in [1.82, 2.24) is 10.2 Å². The summed E-state index contributed by atoms with van der Waals surface area (Å²) < 4.78 is 5.46. The lowest BCUT2D eigenvalue weighted by atomic mass is 9.88. The van der Waals surface area contributed by atoms with Crippen molar-refractivity contribution in [3.05, 3.63) is 59.7 Å². The first-order chi connectivity index (χ1) is 15.9. The monoisotopic (exact) mass is 450 g/mol. The van der Waals surface area contributed by atoms with Gasteiger partial charge in [0.2, 0.25) is 5.91 Å². The number of amides is 2. The Bertz CT molecular complexity index is 1060. The quantitative estimate of drug-likeness (QED) is 0.596. The molecule has 1 heterocycles. The van der Waals surface area contributed by atoms with Crippen molar-refractivity contribution in [3.8, 4) is 11.1 Å². The fraction of sp³-hybridized carbons (Fsp3) is 0.400. The normalized spacial score (nSPS) is 19.1. The summed E-state index contributed by atoms with van der Waals surface area (Å²) in [6.07, 6.45) is 0.486. The van der Waals surface area contributed by atoms with Crippen LogP contribution in [0, 0.1) is 5.92 Å². The highest BCUT2D eigenvalue weighted by atomic mass is 16.5. The van der Waals surface area contributed by atoms with Gasteiger partial charge in [0.15, 0.2) is 0 Å². The molecule has 2 aromatic rings. The van der Waals surface area contributed by atoms with E-state index in [-0.39, 0.29) is 31.5 Å². The zero-order valence-corrected chi connectivity index (χ0v) is 18.1. The van der Waals surface area contributed by atoms with Gasteiger partial charge in [-0.3, -0.25) is 9.59 Å². The van der Waals surface area contributed by atoms with Gasteiger partial charge >= 0.3 is 12.1 Å². The lowest BCUT2D eigenvalue weighted by Crippen LogP contribution is -2.67. The molecule has 33 heavy (non-hydrogen) atoms. The van der Waals surface area contributed by atoms with Crippen LogP contribution in [0.15, 0.2) is 48.5 Å². The Morgan fingerprint density at radius 3 is 2.15 bits per heavy atom. The van der Waals surface area contributed by atoms with Crippen LogP contribution in [0.5, 0.6) is 0 Å². The van der Waals surface area contributed by atoms with Crippen molar-refractivity contribution < 1.29 is 29.3 Å². The minimum atomic E-state index is -1.25. The molecule has 2 aromatic carbocycles. The van der Waals surface area contributed by atoms with Crippen LogP contribution in [0.3, 0.4) is 0 Å². The van der Waals surface area contributed by atoms with Gasteiger partial charge in [0.1, 0.15) is 18.2 Å². The predicted octanol–water partition coefficient (Wildman–Crippen LogP) is 2.35. The van der Waals surface area contributed by atoms with Gasteiger partial charge in [-0.2, -0.15) is 0 Å². The molecule has 1 atom stereocenters. The maximum absolute atomic E-state index is 12.8. The maximum Gasteiger partial charge on any atom is 0.407 e. The van der Waals surface area contributed by atoms with Gasteiger partial charge in [-0.15, -0.1) is 0 Å². The summed E-state index contributed by atoms with van der Waals surface area (Å²) >= 11 is 0. The van der Waals surface area contributed by atoms with Crippen LogP contribution in [0.25, 0.3) is 11.1 Å². The molecule has 2 fully saturated rings. The molecule has 0 aromatic heterocycles. The highest BCUT2D eigenvalue weighted by molar-refractivity contribution is 5.90. The molecule has 1 saturated carbocycles. The molecule has 172 valence electrons. The van der Waals surface area contributed by atoms with Crippen LogP contribution in [-0.4, -0.2) is 64.4 Å². The molecule has 1 aliphatic heterocycles. The highest BCUT2D eigenvalue weighted by Gasteiger charge is 2.54. The third-order valence-corrected chi connectivity index (χ3v) is 6.89. The number of rotatable bonds is 7. The number of likely N-dealkylation sites (tertiary alicyclic amines) is 1. The topological polar surface area (TPSA) is 116 Å². The number of carbonyl (C=O) groups excluding carboxylic acids is 2. The molecule has 1 saturated heterocycles. The number of benzene rings is 2. The molecule has 3 aliphatic rings. The Labute approximate surface area is 191 Å². The number of alkyl carbamates (subject to hydrolysis) is 1. The summed E-state index contributed by atoms with van der Waals surface area (Å²) in [7, 11) is 0. The highest BCUT2D eigenvalue weighted by Crippen LogP contribution is 2.45. The van der Waals surface area contributed by atoms with Gasteiger partial charge < -0.3 is 25.2 Å². The predicted molar refractivity (Wildman–Crippen MR) is 118 cm³/mol. The molecule has 2 amide bonds. The third-order valence-electron chi connectivity index (χ3n) is 6.89. The minimum absolute atomic E-state index is 0.0684. The third kappa shape index (κ3) is 4.06. The number of aliphatic hydroxyl groups is 1. The van der Waals surface area contributed by atoms with E-state index < -0.39 is 36.0 Å². The molecular weight excluding hydrogens is 424 g/mol. The van der Waals surface area contributed by atoms with E-state index in [1.165, 1.54) is 4.90 Å². The average molecular weight is 450 g/mol. The zero-order chi connectivity index (χ0) is 23.2. The van der Waals surface area contributed by atoms with E-state index in [4.69, 9.17) is 4.74 Å². The van der Waals surface area contributed by atoms with Gasteiger partial charge in [0.25, 0.3) is 0 Å². The van der Waals surface area contributed by atoms with E-state index in [1.807, 2.05) is 48.5 Å². The molecule has 0 bridgehead atoms. The standard InChI is InChI=1S/C25H26N2O6/c28-22(29)11-21(23(30)27-13-25(32,14-27)15-9-10-15)26-24(31)33-12-20-18-7-3-1-5-16(18)17-6-2-4-8-19(17)20/h1-8,15,20-21,32H,9-14H2,(H,26,31)(H,28,29). The van der Waals surface area contributed by atoms with E-state index in [0.29, 0.717) is 0 Å². The van der Waals surface area contributed by atoms with Crippen LogP contribution >= 0.6 is 0 Å². The second-order valence-electron chi connectivity index (χ2n) is 9.19. The number of ether oxygens (including phenoxy) is 1. The molecule has 8 nitrogen and oxygen atoms in total. The molecule has 2 aliphatic carbocycles. The number of aliphatic carboxylic acids is 1. The number of hydrogen-bond acceptors (Lipinski definition) is 5. The van der Waals surface area contributed by atoms with Gasteiger partial charge in [-0.1, -0.05) is 48.5 Å².